The molecule has 1 N–H and O–H groups in total. The zero-order valence-corrected chi connectivity index (χ0v) is 15.3. The molecule has 2 fully saturated rings. The fraction of sp³-hybridized carbons (Fsp3) is 0.650. The van der Waals surface area contributed by atoms with Gasteiger partial charge in [-0.3, -0.25) is 4.90 Å². The average molecular weight is 345 g/mol. The number of urea groups is 1. The number of hydrogen-bond acceptors (Lipinski definition) is 3. The first kappa shape index (κ1) is 18.2. The highest BCUT2D eigenvalue weighted by Gasteiger charge is 2.28. The molecule has 2 saturated heterocycles. The molecule has 5 heteroatoms. The topological polar surface area (TPSA) is 44.8 Å². The van der Waals surface area contributed by atoms with Crippen LogP contribution < -0.4 is 5.32 Å². The number of hydrogen-bond donors (Lipinski definition) is 1. The van der Waals surface area contributed by atoms with Gasteiger partial charge in [0.05, 0.1) is 6.61 Å². The molecule has 0 spiro atoms. The molecule has 2 aliphatic rings. The van der Waals surface area contributed by atoms with Crippen LogP contribution in [0.3, 0.4) is 0 Å². The van der Waals surface area contributed by atoms with Gasteiger partial charge in [0.15, 0.2) is 0 Å². The third kappa shape index (κ3) is 5.44. The Hall–Kier alpha value is -1.59. The number of carbonyl (C=O) groups is 1. The molecule has 5 nitrogen and oxygen atoms in total. The molecule has 1 aromatic rings. The largest absolute Gasteiger partial charge is 0.381 e. The predicted octanol–water partition coefficient (Wildman–Crippen LogP) is 2.72. The van der Waals surface area contributed by atoms with E-state index in [9.17, 15) is 4.79 Å². The molecule has 3 rings (SSSR count). The van der Waals surface area contributed by atoms with Crippen molar-refractivity contribution >= 4 is 6.03 Å². The highest BCUT2D eigenvalue weighted by molar-refractivity contribution is 5.74. The summed E-state index contributed by atoms with van der Waals surface area (Å²) in [6, 6.07) is 10.9. The lowest BCUT2D eigenvalue weighted by Gasteiger charge is -2.34. The first-order valence-electron chi connectivity index (χ1n) is 9.64. The van der Waals surface area contributed by atoms with E-state index in [-0.39, 0.29) is 12.1 Å². The maximum atomic E-state index is 12.6. The van der Waals surface area contributed by atoms with E-state index in [1.807, 2.05) is 11.8 Å². The maximum absolute atomic E-state index is 12.6. The molecular weight excluding hydrogens is 314 g/mol. The van der Waals surface area contributed by atoms with Crippen molar-refractivity contribution in [1.82, 2.24) is 15.1 Å². The minimum absolute atomic E-state index is 0.102. The second-order valence-electron chi connectivity index (χ2n) is 7.27. The summed E-state index contributed by atoms with van der Waals surface area (Å²) in [5.74, 6) is 0.492. The van der Waals surface area contributed by atoms with Crippen molar-refractivity contribution in [1.29, 1.82) is 0 Å². The van der Waals surface area contributed by atoms with Gasteiger partial charge in [-0.05, 0) is 38.3 Å². The van der Waals surface area contributed by atoms with Crippen LogP contribution in [0.15, 0.2) is 30.3 Å². The zero-order valence-electron chi connectivity index (χ0n) is 15.3. The van der Waals surface area contributed by atoms with E-state index in [2.05, 4.69) is 40.5 Å². The van der Waals surface area contributed by atoms with Gasteiger partial charge in [0.2, 0.25) is 0 Å². The van der Waals surface area contributed by atoms with E-state index in [0.717, 1.165) is 65.2 Å². The highest BCUT2D eigenvalue weighted by atomic mass is 16.5. The van der Waals surface area contributed by atoms with Gasteiger partial charge in [0.1, 0.15) is 0 Å². The van der Waals surface area contributed by atoms with Gasteiger partial charge in [-0.15, -0.1) is 0 Å². The van der Waals surface area contributed by atoms with Crippen molar-refractivity contribution in [2.45, 2.75) is 38.8 Å². The third-order valence-electron chi connectivity index (χ3n) is 5.21. The first-order valence-corrected chi connectivity index (χ1v) is 9.64. The first-order chi connectivity index (χ1) is 12.2. The van der Waals surface area contributed by atoms with E-state index in [4.69, 9.17) is 4.74 Å². The Morgan fingerprint density at radius 3 is 2.84 bits per heavy atom. The second-order valence-corrected chi connectivity index (χ2v) is 7.27. The fourth-order valence-corrected chi connectivity index (χ4v) is 3.86. The molecule has 0 saturated carbocycles. The normalized spacial score (nSPS) is 24.4. The third-order valence-corrected chi connectivity index (χ3v) is 5.21. The SMILES string of the molecule is CCOCC1CCN(C(=O)NC2CCCN(Cc3ccccc3)C2)C1. The molecule has 0 radical (unpaired) electrons. The summed E-state index contributed by atoms with van der Waals surface area (Å²) in [6.45, 7) is 8.24. The standard InChI is InChI=1S/C20H31N3O2/c1-2-25-16-18-10-12-23(14-18)20(24)21-19-9-6-11-22(15-19)13-17-7-4-3-5-8-17/h3-5,7-8,18-19H,2,6,9-16H2,1H3,(H,21,24). The second kappa shape index (κ2) is 9.20. The van der Waals surface area contributed by atoms with Gasteiger partial charge in [0.25, 0.3) is 0 Å². The van der Waals surface area contributed by atoms with Crippen LogP contribution in [0.25, 0.3) is 0 Å². The van der Waals surface area contributed by atoms with E-state index in [1.165, 1.54) is 5.56 Å². The summed E-state index contributed by atoms with van der Waals surface area (Å²) in [5.41, 5.74) is 1.34. The van der Waals surface area contributed by atoms with Crippen LogP contribution in [0, 0.1) is 5.92 Å². The Morgan fingerprint density at radius 2 is 2.04 bits per heavy atom. The van der Waals surface area contributed by atoms with Crippen molar-refractivity contribution in [2.24, 2.45) is 5.92 Å². The number of nitrogens with zero attached hydrogens (tertiary/aromatic N) is 2. The van der Waals surface area contributed by atoms with Crippen LogP contribution in [0.1, 0.15) is 31.7 Å². The van der Waals surface area contributed by atoms with Crippen molar-refractivity contribution in [3.63, 3.8) is 0 Å². The Bertz CT molecular complexity index is 537. The van der Waals surface area contributed by atoms with Crippen molar-refractivity contribution in [2.75, 3.05) is 39.4 Å². The minimum Gasteiger partial charge on any atom is -0.381 e. The molecule has 138 valence electrons. The van der Waals surface area contributed by atoms with Crippen LogP contribution >= 0.6 is 0 Å². The molecule has 2 amide bonds. The van der Waals surface area contributed by atoms with Crippen LogP contribution in [0.5, 0.6) is 0 Å². The van der Waals surface area contributed by atoms with Crippen LogP contribution in [0.4, 0.5) is 4.79 Å². The monoisotopic (exact) mass is 345 g/mol. The maximum Gasteiger partial charge on any atom is 0.317 e. The molecule has 0 bridgehead atoms. The summed E-state index contributed by atoms with van der Waals surface area (Å²) in [4.78, 5) is 17.0. The summed E-state index contributed by atoms with van der Waals surface area (Å²) in [6.07, 6.45) is 3.27. The van der Waals surface area contributed by atoms with E-state index >= 15 is 0 Å². The van der Waals surface area contributed by atoms with E-state index < -0.39 is 0 Å². The van der Waals surface area contributed by atoms with Gasteiger partial charge < -0.3 is 15.0 Å². The number of nitrogens with one attached hydrogen (secondary N) is 1. The van der Waals surface area contributed by atoms with Gasteiger partial charge in [-0.1, -0.05) is 30.3 Å². The number of piperidine rings is 1. The van der Waals surface area contributed by atoms with E-state index in [0.29, 0.717) is 5.92 Å². The van der Waals surface area contributed by atoms with E-state index in [1.54, 1.807) is 0 Å². The zero-order chi connectivity index (χ0) is 17.5. The molecule has 0 aromatic heterocycles. The molecule has 2 atom stereocenters. The summed E-state index contributed by atoms with van der Waals surface area (Å²) >= 11 is 0. The number of rotatable bonds is 6. The lowest BCUT2D eigenvalue weighted by atomic mass is 10.0. The number of likely N-dealkylation sites (tertiary alicyclic amines) is 2. The average Bonchev–Trinajstić information content (AvgIpc) is 3.10. The van der Waals surface area contributed by atoms with Crippen LogP contribution in [-0.4, -0.2) is 61.3 Å². The summed E-state index contributed by atoms with van der Waals surface area (Å²) in [7, 11) is 0. The van der Waals surface area contributed by atoms with Gasteiger partial charge >= 0.3 is 6.03 Å². The Morgan fingerprint density at radius 1 is 1.20 bits per heavy atom. The Labute approximate surface area is 151 Å². The van der Waals surface area contributed by atoms with Crippen molar-refractivity contribution in [3.05, 3.63) is 35.9 Å². The number of amides is 2. The number of benzene rings is 1. The molecule has 25 heavy (non-hydrogen) atoms. The van der Waals surface area contributed by atoms with Crippen molar-refractivity contribution < 1.29 is 9.53 Å². The highest BCUT2D eigenvalue weighted by Crippen LogP contribution is 2.18. The summed E-state index contributed by atoms with van der Waals surface area (Å²) < 4.78 is 5.50. The van der Waals surface area contributed by atoms with Crippen LogP contribution in [0.2, 0.25) is 0 Å². The molecule has 1 aromatic carbocycles. The number of carbonyl (C=O) groups excluding carboxylic acids is 1. The van der Waals surface area contributed by atoms with Crippen LogP contribution in [-0.2, 0) is 11.3 Å². The smallest absolute Gasteiger partial charge is 0.317 e. The minimum atomic E-state index is 0.102. The fourth-order valence-electron chi connectivity index (χ4n) is 3.86. The molecule has 2 aliphatic heterocycles. The molecule has 0 aliphatic carbocycles. The molecular formula is C20H31N3O2. The lowest BCUT2D eigenvalue weighted by molar-refractivity contribution is 0.112. The predicted molar refractivity (Wildman–Crippen MR) is 99.4 cm³/mol. The van der Waals surface area contributed by atoms with Gasteiger partial charge in [0, 0.05) is 44.7 Å². The number of ether oxygens (including phenoxy) is 1. The lowest BCUT2D eigenvalue weighted by Crippen LogP contribution is -2.51. The molecule has 2 heterocycles. The van der Waals surface area contributed by atoms with Crippen molar-refractivity contribution in [3.8, 4) is 0 Å². The van der Waals surface area contributed by atoms with Gasteiger partial charge in [-0.2, -0.15) is 0 Å². The Kier molecular flexibility index (Phi) is 6.70. The van der Waals surface area contributed by atoms with Gasteiger partial charge in [-0.25, -0.2) is 4.79 Å². The quantitative estimate of drug-likeness (QED) is 0.862. The summed E-state index contributed by atoms with van der Waals surface area (Å²) in [5, 5.41) is 3.26. The molecule has 2 unspecified atom stereocenters. The Balaban J connectivity index is 1.44.